The molecule has 0 heterocycles. The van der Waals surface area contributed by atoms with E-state index >= 15 is 0 Å². The van der Waals surface area contributed by atoms with Crippen molar-refractivity contribution in [3.8, 4) is 0 Å². The quantitative estimate of drug-likeness (QED) is 0.784. The zero-order chi connectivity index (χ0) is 13.0. The summed E-state index contributed by atoms with van der Waals surface area (Å²) in [6.45, 7) is 3.66. The minimum atomic E-state index is 0.302. The van der Waals surface area contributed by atoms with E-state index in [1.54, 1.807) is 0 Å². The van der Waals surface area contributed by atoms with Gasteiger partial charge in [-0.05, 0) is 42.9 Å². The smallest absolute Gasteiger partial charge is 0.223 e. The number of hydrogen-bond acceptors (Lipinski definition) is 2. The summed E-state index contributed by atoms with van der Waals surface area (Å²) in [5, 5.41) is 0. The Morgan fingerprint density at radius 2 is 2.00 bits per heavy atom. The van der Waals surface area contributed by atoms with Crippen molar-refractivity contribution >= 4 is 11.6 Å². The van der Waals surface area contributed by atoms with Crippen LogP contribution in [0.1, 0.15) is 38.2 Å². The van der Waals surface area contributed by atoms with Crippen molar-refractivity contribution in [1.29, 1.82) is 0 Å². The van der Waals surface area contributed by atoms with Crippen molar-refractivity contribution in [2.45, 2.75) is 39.2 Å². The van der Waals surface area contributed by atoms with Crippen molar-refractivity contribution in [1.82, 2.24) is 4.90 Å². The lowest BCUT2D eigenvalue weighted by Crippen LogP contribution is -2.31. The first kappa shape index (κ1) is 12.9. The Labute approximate surface area is 109 Å². The van der Waals surface area contributed by atoms with Crippen LogP contribution < -0.4 is 5.73 Å². The van der Waals surface area contributed by atoms with Gasteiger partial charge in [-0.15, -0.1) is 0 Å². The molecule has 0 spiro atoms. The van der Waals surface area contributed by atoms with E-state index in [1.807, 2.05) is 29.2 Å². The highest BCUT2D eigenvalue weighted by atomic mass is 16.2. The van der Waals surface area contributed by atoms with E-state index in [0.717, 1.165) is 30.6 Å². The summed E-state index contributed by atoms with van der Waals surface area (Å²) in [6, 6.07) is 7.79. The van der Waals surface area contributed by atoms with Crippen LogP contribution in [0.2, 0.25) is 0 Å². The standard InChI is InChI=1S/C15H22N2O/c1-2-9-17(15(18)10-12-3-4-12)11-13-5-7-14(16)8-6-13/h5-8,12H,2-4,9-11,16H2,1H3. The fourth-order valence-electron chi connectivity index (χ4n) is 2.10. The van der Waals surface area contributed by atoms with Crippen molar-refractivity contribution in [3.63, 3.8) is 0 Å². The molecule has 3 heteroatoms. The van der Waals surface area contributed by atoms with Crippen LogP contribution in [-0.2, 0) is 11.3 Å². The molecular formula is C15H22N2O. The summed E-state index contributed by atoms with van der Waals surface area (Å²) >= 11 is 0. The van der Waals surface area contributed by atoms with Gasteiger partial charge in [-0.25, -0.2) is 0 Å². The number of nitrogens with two attached hydrogens (primary N) is 1. The molecule has 0 aliphatic heterocycles. The maximum atomic E-state index is 12.2. The lowest BCUT2D eigenvalue weighted by Gasteiger charge is -2.22. The molecular weight excluding hydrogens is 224 g/mol. The number of benzene rings is 1. The SMILES string of the molecule is CCCN(Cc1ccc(N)cc1)C(=O)CC1CC1. The molecule has 3 nitrogen and oxygen atoms in total. The van der Waals surface area contributed by atoms with Crippen LogP contribution in [0.3, 0.4) is 0 Å². The summed E-state index contributed by atoms with van der Waals surface area (Å²) in [6.07, 6.45) is 4.20. The van der Waals surface area contributed by atoms with Crippen molar-refractivity contribution < 1.29 is 4.79 Å². The summed E-state index contributed by atoms with van der Waals surface area (Å²) in [5.41, 5.74) is 7.59. The van der Waals surface area contributed by atoms with Crippen LogP contribution in [0.25, 0.3) is 0 Å². The van der Waals surface area contributed by atoms with Gasteiger partial charge in [0.25, 0.3) is 0 Å². The fourth-order valence-corrected chi connectivity index (χ4v) is 2.10. The van der Waals surface area contributed by atoms with Gasteiger partial charge >= 0.3 is 0 Å². The zero-order valence-corrected chi connectivity index (χ0v) is 11.1. The minimum absolute atomic E-state index is 0.302. The summed E-state index contributed by atoms with van der Waals surface area (Å²) in [4.78, 5) is 14.1. The Morgan fingerprint density at radius 3 is 2.56 bits per heavy atom. The number of nitrogen functional groups attached to an aromatic ring is 1. The Kier molecular flexibility index (Phi) is 4.24. The van der Waals surface area contributed by atoms with Gasteiger partial charge in [0, 0.05) is 25.2 Å². The van der Waals surface area contributed by atoms with E-state index in [4.69, 9.17) is 5.73 Å². The second-order valence-corrected chi connectivity index (χ2v) is 5.20. The molecule has 98 valence electrons. The van der Waals surface area contributed by atoms with Gasteiger partial charge < -0.3 is 10.6 Å². The maximum Gasteiger partial charge on any atom is 0.223 e. The van der Waals surface area contributed by atoms with Crippen molar-refractivity contribution in [2.24, 2.45) is 5.92 Å². The van der Waals surface area contributed by atoms with Gasteiger partial charge in [-0.1, -0.05) is 19.1 Å². The predicted molar refractivity (Wildman–Crippen MR) is 73.9 cm³/mol. The number of carbonyl (C=O) groups is 1. The third-order valence-electron chi connectivity index (χ3n) is 3.36. The van der Waals surface area contributed by atoms with Gasteiger partial charge in [0.05, 0.1) is 0 Å². The molecule has 2 rings (SSSR count). The Morgan fingerprint density at radius 1 is 1.33 bits per heavy atom. The van der Waals surface area contributed by atoms with Gasteiger partial charge in [-0.3, -0.25) is 4.79 Å². The average molecular weight is 246 g/mol. The van der Waals surface area contributed by atoms with Crippen molar-refractivity contribution in [2.75, 3.05) is 12.3 Å². The zero-order valence-electron chi connectivity index (χ0n) is 11.1. The van der Waals surface area contributed by atoms with Crippen LogP contribution in [-0.4, -0.2) is 17.4 Å². The van der Waals surface area contributed by atoms with Crippen LogP contribution in [0, 0.1) is 5.92 Å². The molecule has 1 amide bonds. The van der Waals surface area contributed by atoms with E-state index in [9.17, 15) is 4.79 Å². The molecule has 0 saturated heterocycles. The first-order valence-corrected chi connectivity index (χ1v) is 6.81. The van der Waals surface area contributed by atoms with Gasteiger partial charge in [0.15, 0.2) is 0 Å². The third-order valence-corrected chi connectivity index (χ3v) is 3.36. The molecule has 1 aliphatic carbocycles. The van der Waals surface area contributed by atoms with E-state index in [1.165, 1.54) is 12.8 Å². The first-order chi connectivity index (χ1) is 8.69. The molecule has 0 bridgehead atoms. The van der Waals surface area contributed by atoms with Crippen LogP contribution in [0.4, 0.5) is 5.69 Å². The van der Waals surface area contributed by atoms with Crippen LogP contribution in [0.15, 0.2) is 24.3 Å². The van der Waals surface area contributed by atoms with E-state index in [0.29, 0.717) is 18.4 Å². The number of nitrogens with zero attached hydrogens (tertiary/aromatic N) is 1. The number of amides is 1. The highest BCUT2D eigenvalue weighted by molar-refractivity contribution is 5.76. The maximum absolute atomic E-state index is 12.2. The molecule has 0 unspecified atom stereocenters. The lowest BCUT2D eigenvalue weighted by molar-refractivity contribution is -0.132. The predicted octanol–water partition coefficient (Wildman–Crippen LogP) is 2.81. The molecule has 0 atom stereocenters. The van der Waals surface area contributed by atoms with Crippen LogP contribution >= 0.6 is 0 Å². The van der Waals surface area contributed by atoms with Gasteiger partial charge in [-0.2, -0.15) is 0 Å². The average Bonchev–Trinajstić information content (AvgIpc) is 3.15. The number of anilines is 1. The van der Waals surface area contributed by atoms with E-state index < -0.39 is 0 Å². The molecule has 1 aromatic rings. The third kappa shape index (κ3) is 3.76. The Bertz CT molecular complexity index is 395. The fraction of sp³-hybridized carbons (Fsp3) is 0.533. The number of hydrogen-bond donors (Lipinski definition) is 1. The Hall–Kier alpha value is -1.51. The summed E-state index contributed by atoms with van der Waals surface area (Å²) in [5.74, 6) is 0.958. The molecule has 2 N–H and O–H groups in total. The second-order valence-electron chi connectivity index (χ2n) is 5.20. The molecule has 1 saturated carbocycles. The van der Waals surface area contributed by atoms with E-state index in [2.05, 4.69) is 6.92 Å². The highest BCUT2D eigenvalue weighted by Gasteiger charge is 2.26. The van der Waals surface area contributed by atoms with Crippen LogP contribution in [0.5, 0.6) is 0 Å². The van der Waals surface area contributed by atoms with E-state index in [-0.39, 0.29) is 0 Å². The largest absolute Gasteiger partial charge is 0.399 e. The molecule has 0 radical (unpaired) electrons. The summed E-state index contributed by atoms with van der Waals surface area (Å²) in [7, 11) is 0. The van der Waals surface area contributed by atoms with Gasteiger partial charge in [0.2, 0.25) is 5.91 Å². The van der Waals surface area contributed by atoms with Crippen molar-refractivity contribution in [3.05, 3.63) is 29.8 Å². The normalized spacial score (nSPS) is 14.5. The number of rotatable bonds is 6. The topological polar surface area (TPSA) is 46.3 Å². The molecule has 1 aliphatic rings. The molecule has 0 aromatic heterocycles. The lowest BCUT2D eigenvalue weighted by atomic mass is 10.1. The molecule has 18 heavy (non-hydrogen) atoms. The van der Waals surface area contributed by atoms with Gasteiger partial charge in [0.1, 0.15) is 0 Å². The molecule has 1 fully saturated rings. The second kappa shape index (κ2) is 5.89. The Balaban J connectivity index is 1.95. The summed E-state index contributed by atoms with van der Waals surface area (Å²) < 4.78 is 0. The monoisotopic (exact) mass is 246 g/mol. The highest BCUT2D eigenvalue weighted by Crippen LogP contribution is 2.33. The first-order valence-electron chi connectivity index (χ1n) is 6.81. The number of carbonyl (C=O) groups excluding carboxylic acids is 1. The molecule has 1 aromatic carbocycles. The minimum Gasteiger partial charge on any atom is -0.399 e.